The van der Waals surface area contributed by atoms with Gasteiger partial charge in [0.2, 0.25) is 0 Å². The van der Waals surface area contributed by atoms with Crippen LogP contribution in [-0.2, 0) is 6.42 Å². The van der Waals surface area contributed by atoms with Gasteiger partial charge in [-0.25, -0.2) is 0 Å². The molecule has 108 valence electrons. The summed E-state index contributed by atoms with van der Waals surface area (Å²) in [6.07, 6.45) is 0.818. The van der Waals surface area contributed by atoms with Crippen molar-refractivity contribution in [3.05, 3.63) is 52.6 Å². The Labute approximate surface area is 129 Å². The zero-order chi connectivity index (χ0) is 15.0. The molecule has 0 saturated carbocycles. The predicted octanol–water partition coefficient (Wildman–Crippen LogP) is 3.70. The molecule has 0 bridgehead atoms. The van der Waals surface area contributed by atoms with Crippen molar-refractivity contribution in [2.45, 2.75) is 13.3 Å². The lowest BCUT2D eigenvalue weighted by Crippen LogP contribution is -2.10. The molecule has 0 amide bonds. The SMILES string of the molecule is COc1cc2c(cc1OC)NC(=S)c1cc(C)ccc1C2. The van der Waals surface area contributed by atoms with Crippen LogP contribution in [0.3, 0.4) is 0 Å². The van der Waals surface area contributed by atoms with Crippen molar-refractivity contribution in [3.63, 3.8) is 0 Å². The molecular weight excluding hydrogens is 282 g/mol. The summed E-state index contributed by atoms with van der Waals surface area (Å²) in [5.41, 5.74) is 5.66. The van der Waals surface area contributed by atoms with Crippen molar-refractivity contribution in [1.82, 2.24) is 0 Å². The van der Waals surface area contributed by atoms with Crippen molar-refractivity contribution in [3.8, 4) is 11.5 Å². The Kier molecular flexibility index (Phi) is 3.55. The van der Waals surface area contributed by atoms with Gasteiger partial charge in [-0.3, -0.25) is 0 Å². The normalized spacial score (nSPS) is 12.8. The first-order valence-electron chi connectivity index (χ1n) is 6.78. The van der Waals surface area contributed by atoms with Crippen molar-refractivity contribution in [2.75, 3.05) is 19.5 Å². The molecule has 0 aliphatic carbocycles. The van der Waals surface area contributed by atoms with E-state index in [0.29, 0.717) is 5.75 Å². The Balaban J connectivity index is 2.14. The maximum absolute atomic E-state index is 5.54. The lowest BCUT2D eigenvalue weighted by molar-refractivity contribution is 0.355. The second-order valence-electron chi connectivity index (χ2n) is 5.16. The second-order valence-corrected chi connectivity index (χ2v) is 5.56. The molecule has 1 N–H and O–H groups in total. The summed E-state index contributed by atoms with van der Waals surface area (Å²) in [5, 5.41) is 3.33. The van der Waals surface area contributed by atoms with Gasteiger partial charge in [0.05, 0.1) is 14.2 Å². The van der Waals surface area contributed by atoms with Crippen LogP contribution in [0.1, 0.15) is 22.3 Å². The zero-order valence-corrected chi connectivity index (χ0v) is 13.1. The minimum atomic E-state index is 0.702. The van der Waals surface area contributed by atoms with Gasteiger partial charge in [0.1, 0.15) is 4.99 Å². The van der Waals surface area contributed by atoms with Crippen LogP contribution >= 0.6 is 12.2 Å². The molecule has 3 nitrogen and oxygen atoms in total. The average molecular weight is 299 g/mol. The minimum Gasteiger partial charge on any atom is -0.493 e. The van der Waals surface area contributed by atoms with E-state index in [-0.39, 0.29) is 0 Å². The Bertz CT molecular complexity index is 725. The van der Waals surface area contributed by atoms with E-state index in [1.165, 1.54) is 11.1 Å². The van der Waals surface area contributed by atoms with Crippen LogP contribution in [0.15, 0.2) is 30.3 Å². The van der Waals surface area contributed by atoms with E-state index in [9.17, 15) is 0 Å². The molecule has 0 fully saturated rings. The third-order valence-electron chi connectivity index (χ3n) is 3.75. The number of methoxy groups -OCH3 is 2. The fourth-order valence-corrected chi connectivity index (χ4v) is 2.93. The number of rotatable bonds is 2. The Morgan fingerprint density at radius 3 is 2.43 bits per heavy atom. The van der Waals surface area contributed by atoms with Crippen LogP contribution in [0.5, 0.6) is 11.5 Å². The predicted molar refractivity (Wildman–Crippen MR) is 88.9 cm³/mol. The monoisotopic (exact) mass is 299 g/mol. The van der Waals surface area contributed by atoms with Gasteiger partial charge in [-0.05, 0) is 30.2 Å². The van der Waals surface area contributed by atoms with E-state index >= 15 is 0 Å². The molecule has 1 aliphatic heterocycles. The first-order chi connectivity index (χ1) is 10.1. The fourth-order valence-electron chi connectivity index (χ4n) is 2.63. The van der Waals surface area contributed by atoms with Crippen LogP contribution in [0.2, 0.25) is 0 Å². The highest BCUT2D eigenvalue weighted by Gasteiger charge is 2.19. The number of ether oxygens (including phenoxy) is 2. The lowest BCUT2D eigenvalue weighted by atomic mass is 9.98. The van der Waals surface area contributed by atoms with Gasteiger partial charge in [0.25, 0.3) is 0 Å². The van der Waals surface area contributed by atoms with Crippen molar-refractivity contribution in [1.29, 1.82) is 0 Å². The topological polar surface area (TPSA) is 30.5 Å². The maximum Gasteiger partial charge on any atom is 0.162 e. The molecule has 1 heterocycles. The van der Waals surface area contributed by atoms with E-state index < -0.39 is 0 Å². The summed E-state index contributed by atoms with van der Waals surface area (Å²) >= 11 is 5.54. The number of fused-ring (bicyclic) bond motifs is 2. The molecule has 0 radical (unpaired) electrons. The van der Waals surface area contributed by atoms with Crippen LogP contribution in [0.25, 0.3) is 0 Å². The standard InChI is InChI=1S/C17H17NO2S/c1-10-4-5-11-7-12-8-15(19-2)16(20-3)9-14(12)18-17(21)13(11)6-10/h4-6,8-9H,7H2,1-3H3,(H,18,21). The summed E-state index contributed by atoms with van der Waals surface area (Å²) < 4.78 is 10.8. The van der Waals surface area contributed by atoms with Gasteiger partial charge >= 0.3 is 0 Å². The number of aryl methyl sites for hydroxylation is 1. The van der Waals surface area contributed by atoms with Crippen LogP contribution in [-0.4, -0.2) is 19.2 Å². The quantitative estimate of drug-likeness (QED) is 0.857. The third-order valence-corrected chi connectivity index (χ3v) is 4.07. The molecular formula is C17H17NO2S. The molecule has 2 aromatic carbocycles. The first kappa shape index (κ1) is 13.9. The van der Waals surface area contributed by atoms with Gasteiger partial charge < -0.3 is 14.8 Å². The molecule has 1 aliphatic rings. The highest BCUT2D eigenvalue weighted by atomic mass is 32.1. The highest BCUT2D eigenvalue weighted by Crippen LogP contribution is 2.36. The molecule has 0 aromatic heterocycles. The molecule has 21 heavy (non-hydrogen) atoms. The summed E-state index contributed by atoms with van der Waals surface area (Å²) in [6, 6.07) is 10.3. The summed E-state index contributed by atoms with van der Waals surface area (Å²) in [4.78, 5) is 0.750. The Hall–Kier alpha value is -2.07. The minimum absolute atomic E-state index is 0.702. The van der Waals surface area contributed by atoms with Crippen molar-refractivity contribution >= 4 is 22.9 Å². The largest absolute Gasteiger partial charge is 0.493 e. The van der Waals surface area contributed by atoms with E-state index in [1.54, 1.807) is 14.2 Å². The average Bonchev–Trinajstić information content (AvgIpc) is 2.62. The number of thiocarbonyl (C=S) groups is 1. The Morgan fingerprint density at radius 1 is 1.00 bits per heavy atom. The Morgan fingerprint density at radius 2 is 1.71 bits per heavy atom. The third kappa shape index (κ3) is 2.47. The van der Waals surface area contributed by atoms with Crippen LogP contribution < -0.4 is 14.8 Å². The van der Waals surface area contributed by atoms with Crippen molar-refractivity contribution < 1.29 is 9.47 Å². The highest BCUT2D eigenvalue weighted by molar-refractivity contribution is 7.81. The maximum atomic E-state index is 5.54. The van der Waals surface area contributed by atoms with Gasteiger partial charge in [-0.2, -0.15) is 0 Å². The first-order valence-corrected chi connectivity index (χ1v) is 7.19. The molecule has 2 aromatic rings. The summed E-state index contributed by atoms with van der Waals surface area (Å²) in [5.74, 6) is 1.44. The summed E-state index contributed by atoms with van der Waals surface area (Å²) in [6.45, 7) is 2.08. The molecule has 3 rings (SSSR count). The second kappa shape index (κ2) is 5.37. The lowest BCUT2D eigenvalue weighted by Gasteiger charge is -2.13. The fraction of sp³-hybridized carbons (Fsp3) is 0.235. The number of hydrogen-bond acceptors (Lipinski definition) is 3. The van der Waals surface area contributed by atoms with Gasteiger partial charge in [-0.1, -0.05) is 29.9 Å². The number of anilines is 1. The van der Waals surface area contributed by atoms with E-state index in [0.717, 1.165) is 34.0 Å². The van der Waals surface area contributed by atoms with E-state index in [4.69, 9.17) is 21.7 Å². The van der Waals surface area contributed by atoms with Gasteiger partial charge in [-0.15, -0.1) is 0 Å². The zero-order valence-electron chi connectivity index (χ0n) is 12.3. The van der Waals surface area contributed by atoms with E-state index in [1.807, 2.05) is 12.1 Å². The summed E-state index contributed by atoms with van der Waals surface area (Å²) in [7, 11) is 3.29. The molecule has 0 unspecified atom stereocenters. The molecule has 0 spiro atoms. The molecule has 4 heteroatoms. The number of nitrogens with one attached hydrogen (secondary N) is 1. The molecule has 0 saturated heterocycles. The molecule has 0 atom stereocenters. The number of benzene rings is 2. The van der Waals surface area contributed by atoms with Crippen LogP contribution in [0, 0.1) is 6.92 Å². The van der Waals surface area contributed by atoms with Crippen LogP contribution in [0.4, 0.5) is 5.69 Å². The number of hydrogen-bond donors (Lipinski definition) is 1. The van der Waals surface area contributed by atoms with E-state index in [2.05, 4.69) is 30.4 Å². The van der Waals surface area contributed by atoms with Crippen molar-refractivity contribution in [2.24, 2.45) is 0 Å². The smallest absolute Gasteiger partial charge is 0.162 e. The van der Waals surface area contributed by atoms with Gasteiger partial charge in [0.15, 0.2) is 11.5 Å². The van der Waals surface area contributed by atoms with Gasteiger partial charge in [0, 0.05) is 23.7 Å².